The van der Waals surface area contributed by atoms with Crippen LogP contribution in [0.2, 0.25) is 0 Å². The number of aliphatic hydroxyl groups is 2. The molecule has 0 aliphatic rings. The van der Waals surface area contributed by atoms with Crippen LogP contribution in [-0.2, 0) is 0 Å². The van der Waals surface area contributed by atoms with Gasteiger partial charge in [0.05, 0.1) is 12.7 Å². The molecule has 14 heavy (non-hydrogen) atoms. The molecule has 0 aliphatic carbocycles. The highest BCUT2D eigenvalue weighted by atomic mass is 16.3. The van der Waals surface area contributed by atoms with Crippen molar-refractivity contribution in [3.05, 3.63) is 36.5 Å². The van der Waals surface area contributed by atoms with Gasteiger partial charge in [-0.15, -0.1) is 0 Å². The molecule has 2 nitrogen and oxygen atoms in total. The monoisotopic (exact) mass is 196 g/mol. The van der Waals surface area contributed by atoms with Gasteiger partial charge in [0.2, 0.25) is 0 Å². The molecule has 0 saturated heterocycles. The van der Waals surface area contributed by atoms with Crippen molar-refractivity contribution in [2.45, 2.75) is 32.3 Å². The fourth-order valence-electron chi connectivity index (χ4n) is 1.01. The molecule has 0 saturated carbocycles. The van der Waals surface area contributed by atoms with Gasteiger partial charge in [-0.3, -0.25) is 0 Å². The summed E-state index contributed by atoms with van der Waals surface area (Å²) >= 11 is 0. The minimum absolute atomic E-state index is 0.00576. The van der Waals surface area contributed by atoms with Crippen LogP contribution in [0.4, 0.5) is 0 Å². The van der Waals surface area contributed by atoms with Gasteiger partial charge in [-0.05, 0) is 26.2 Å². The maximum atomic E-state index is 9.34. The Labute approximate surface area is 86.3 Å². The molecule has 80 valence electrons. The Bertz CT molecular complexity index is 192. The Morgan fingerprint density at radius 3 is 2.57 bits per heavy atom. The average molecular weight is 196 g/mol. The topological polar surface area (TPSA) is 40.5 Å². The van der Waals surface area contributed by atoms with Crippen LogP contribution >= 0.6 is 0 Å². The summed E-state index contributed by atoms with van der Waals surface area (Å²) in [5.41, 5.74) is 0. The van der Waals surface area contributed by atoms with Crippen LogP contribution < -0.4 is 0 Å². The van der Waals surface area contributed by atoms with E-state index in [9.17, 15) is 5.11 Å². The van der Waals surface area contributed by atoms with Crippen molar-refractivity contribution < 1.29 is 10.2 Å². The van der Waals surface area contributed by atoms with Crippen LogP contribution in [0.5, 0.6) is 0 Å². The number of rotatable bonds is 7. The standard InChI is InChI=1S/C12H20O2/c1-2-3-4-5-6-7-9-12(14)10-8-11-13/h2-3,5-6,8,10,12-14H,4,7,9,11H2,1H3/b3-2+,6-5+,10-8-. The summed E-state index contributed by atoms with van der Waals surface area (Å²) < 4.78 is 0. The van der Waals surface area contributed by atoms with Crippen molar-refractivity contribution in [1.29, 1.82) is 0 Å². The number of aliphatic hydroxyl groups excluding tert-OH is 2. The summed E-state index contributed by atoms with van der Waals surface area (Å²) in [5, 5.41) is 17.8. The third kappa shape index (κ3) is 9.23. The van der Waals surface area contributed by atoms with E-state index >= 15 is 0 Å². The lowest BCUT2D eigenvalue weighted by Gasteiger charge is -2.01. The van der Waals surface area contributed by atoms with E-state index < -0.39 is 6.10 Å². The molecular formula is C12H20O2. The minimum Gasteiger partial charge on any atom is -0.392 e. The molecule has 2 heteroatoms. The van der Waals surface area contributed by atoms with E-state index in [1.54, 1.807) is 12.2 Å². The van der Waals surface area contributed by atoms with Crippen LogP contribution in [0.25, 0.3) is 0 Å². The zero-order chi connectivity index (χ0) is 10.6. The van der Waals surface area contributed by atoms with Gasteiger partial charge in [-0.25, -0.2) is 0 Å². The van der Waals surface area contributed by atoms with Gasteiger partial charge in [-0.1, -0.05) is 36.5 Å². The molecule has 0 aromatic carbocycles. The van der Waals surface area contributed by atoms with E-state index in [0.29, 0.717) is 6.42 Å². The van der Waals surface area contributed by atoms with Gasteiger partial charge in [0.15, 0.2) is 0 Å². The Morgan fingerprint density at radius 2 is 1.93 bits per heavy atom. The molecule has 0 aromatic rings. The van der Waals surface area contributed by atoms with Crippen LogP contribution in [-0.4, -0.2) is 22.9 Å². The quantitative estimate of drug-likeness (QED) is 0.613. The van der Waals surface area contributed by atoms with Gasteiger partial charge in [-0.2, -0.15) is 0 Å². The van der Waals surface area contributed by atoms with Crippen molar-refractivity contribution in [2.24, 2.45) is 0 Å². The maximum Gasteiger partial charge on any atom is 0.0724 e. The minimum atomic E-state index is -0.437. The normalized spacial score (nSPS) is 14.8. The molecule has 0 rings (SSSR count). The lowest BCUT2D eigenvalue weighted by Crippen LogP contribution is -2.00. The SMILES string of the molecule is C/C=C/C/C=C/CCC(O)/C=C\CO. The summed E-state index contributed by atoms with van der Waals surface area (Å²) in [6.45, 7) is 1.99. The van der Waals surface area contributed by atoms with Gasteiger partial charge in [0.25, 0.3) is 0 Å². The highest BCUT2D eigenvalue weighted by Gasteiger charge is 1.94. The first-order valence-corrected chi connectivity index (χ1v) is 5.03. The summed E-state index contributed by atoms with van der Waals surface area (Å²) in [4.78, 5) is 0. The zero-order valence-corrected chi connectivity index (χ0v) is 8.76. The lowest BCUT2D eigenvalue weighted by atomic mass is 10.1. The second kappa shape index (κ2) is 10.2. The Hall–Kier alpha value is -0.860. The van der Waals surface area contributed by atoms with Gasteiger partial charge >= 0.3 is 0 Å². The Balaban J connectivity index is 3.43. The summed E-state index contributed by atoms with van der Waals surface area (Å²) in [5.74, 6) is 0. The van der Waals surface area contributed by atoms with Crippen LogP contribution in [0, 0.1) is 0 Å². The van der Waals surface area contributed by atoms with Crippen molar-refractivity contribution in [3.63, 3.8) is 0 Å². The van der Waals surface area contributed by atoms with Crippen molar-refractivity contribution in [3.8, 4) is 0 Å². The molecule has 0 spiro atoms. The van der Waals surface area contributed by atoms with E-state index in [1.165, 1.54) is 0 Å². The van der Waals surface area contributed by atoms with Crippen molar-refractivity contribution >= 4 is 0 Å². The first-order valence-electron chi connectivity index (χ1n) is 5.03. The fraction of sp³-hybridized carbons (Fsp3) is 0.500. The van der Waals surface area contributed by atoms with Crippen LogP contribution in [0.3, 0.4) is 0 Å². The third-order valence-corrected chi connectivity index (χ3v) is 1.77. The van der Waals surface area contributed by atoms with E-state index in [-0.39, 0.29) is 6.61 Å². The second-order valence-electron chi connectivity index (χ2n) is 3.03. The predicted molar refractivity (Wildman–Crippen MR) is 60.0 cm³/mol. The van der Waals surface area contributed by atoms with E-state index in [1.807, 2.05) is 13.0 Å². The number of allylic oxidation sites excluding steroid dienone is 4. The number of hydrogen-bond acceptors (Lipinski definition) is 2. The predicted octanol–water partition coefficient (Wildman–Crippen LogP) is 2.20. The molecule has 1 atom stereocenters. The highest BCUT2D eigenvalue weighted by Crippen LogP contribution is 2.00. The first-order chi connectivity index (χ1) is 6.81. The molecule has 0 amide bonds. The molecule has 1 unspecified atom stereocenters. The van der Waals surface area contributed by atoms with Crippen LogP contribution in [0.1, 0.15) is 26.2 Å². The molecule has 0 bridgehead atoms. The lowest BCUT2D eigenvalue weighted by molar-refractivity contribution is 0.212. The molecule has 0 heterocycles. The summed E-state index contributed by atoms with van der Waals surface area (Å²) in [6, 6.07) is 0. The zero-order valence-electron chi connectivity index (χ0n) is 8.76. The van der Waals surface area contributed by atoms with Gasteiger partial charge < -0.3 is 10.2 Å². The summed E-state index contributed by atoms with van der Waals surface area (Å²) in [6.07, 6.45) is 13.5. The molecular weight excluding hydrogens is 176 g/mol. The van der Waals surface area contributed by atoms with Crippen molar-refractivity contribution in [1.82, 2.24) is 0 Å². The molecule has 0 aliphatic heterocycles. The average Bonchev–Trinajstić information content (AvgIpc) is 2.20. The molecule has 0 fully saturated rings. The second-order valence-corrected chi connectivity index (χ2v) is 3.03. The molecule has 0 radical (unpaired) electrons. The van der Waals surface area contributed by atoms with E-state index in [4.69, 9.17) is 5.11 Å². The smallest absolute Gasteiger partial charge is 0.0724 e. The van der Waals surface area contributed by atoms with Crippen LogP contribution in [0.15, 0.2) is 36.5 Å². The Kier molecular flexibility index (Phi) is 9.59. The van der Waals surface area contributed by atoms with Gasteiger partial charge in [0.1, 0.15) is 0 Å². The Morgan fingerprint density at radius 1 is 1.14 bits per heavy atom. The fourth-order valence-corrected chi connectivity index (χ4v) is 1.01. The maximum absolute atomic E-state index is 9.34. The largest absolute Gasteiger partial charge is 0.392 e. The van der Waals surface area contributed by atoms with E-state index in [0.717, 1.165) is 12.8 Å². The number of hydrogen-bond donors (Lipinski definition) is 2. The third-order valence-electron chi connectivity index (χ3n) is 1.77. The summed E-state index contributed by atoms with van der Waals surface area (Å²) in [7, 11) is 0. The van der Waals surface area contributed by atoms with E-state index in [2.05, 4.69) is 18.2 Å². The van der Waals surface area contributed by atoms with Gasteiger partial charge in [0, 0.05) is 0 Å². The first kappa shape index (κ1) is 13.1. The highest BCUT2D eigenvalue weighted by molar-refractivity contribution is 4.93. The van der Waals surface area contributed by atoms with Crippen molar-refractivity contribution in [2.75, 3.05) is 6.61 Å². The molecule has 0 aromatic heterocycles. The molecule has 2 N–H and O–H groups in total.